The van der Waals surface area contributed by atoms with Gasteiger partial charge in [0.15, 0.2) is 5.76 Å². The first kappa shape index (κ1) is 22.5. The molecule has 0 saturated heterocycles. The molecule has 0 atom stereocenters. The van der Waals surface area contributed by atoms with Gasteiger partial charge < -0.3 is 9.73 Å². The predicted molar refractivity (Wildman–Crippen MR) is 129 cm³/mol. The molecule has 1 aliphatic carbocycles. The van der Waals surface area contributed by atoms with Gasteiger partial charge >= 0.3 is 0 Å². The second-order valence-electron chi connectivity index (χ2n) is 9.35. The summed E-state index contributed by atoms with van der Waals surface area (Å²) in [4.78, 5) is 25.4. The van der Waals surface area contributed by atoms with E-state index in [4.69, 9.17) is 4.42 Å². The molecule has 6 nitrogen and oxygen atoms in total. The highest BCUT2D eigenvalue weighted by Gasteiger charge is 2.29. The third-order valence-electron chi connectivity index (χ3n) is 5.57. The Morgan fingerprint density at radius 1 is 0.909 bits per heavy atom. The van der Waals surface area contributed by atoms with E-state index in [1.54, 1.807) is 12.1 Å². The van der Waals surface area contributed by atoms with Gasteiger partial charge in [0.05, 0.1) is 5.71 Å². The predicted octanol–water partition coefficient (Wildman–Crippen LogP) is 5.25. The maximum Gasteiger partial charge on any atom is 0.287 e. The molecule has 3 aromatic rings. The molecule has 0 saturated carbocycles. The summed E-state index contributed by atoms with van der Waals surface area (Å²) in [7, 11) is 0. The topological polar surface area (TPSA) is 83.7 Å². The zero-order valence-electron chi connectivity index (χ0n) is 19.5. The molecule has 0 spiro atoms. The highest BCUT2D eigenvalue weighted by atomic mass is 16.4. The lowest BCUT2D eigenvalue weighted by Crippen LogP contribution is -2.40. The Morgan fingerprint density at radius 3 is 2.24 bits per heavy atom. The molecular weight excluding hydrogens is 414 g/mol. The minimum absolute atomic E-state index is 0.240. The van der Waals surface area contributed by atoms with E-state index in [1.165, 1.54) is 0 Å². The second-order valence-corrected chi connectivity index (χ2v) is 9.35. The summed E-state index contributed by atoms with van der Waals surface area (Å²) in [6, 6.07) is 17.5. The lowest BCUT2D eigenvalue weighted by molar-refractivity contribution is 0.0887. The number of fused-ring (bicyclic) bond motifs is 1. The lowest BCUT2D eigenvalue weighted by Gasteiger charge is -2.19. The smallest absolute Gasteiger partial charge is 0.287 e. The Bertz CT molecular complexity index is 1200. The summed E-state index contributed by atoms with van der Waals surface area (Å²) >= 11 is 0. The van der Waals surface area contributed by atoms with E-state index in [-0.39, 0.29) is 17.4 Å². The summed E-state index contributed by atoms with van der Waals surface area (Å²) in [5.41, 5.74) is 7.32. The highest BCUT2D eigenvalue weighted by molar-refractivity contribution is 6.07. The van der Waals surface area contributed by atoms with Gasteiger partial charge in [-0.15, -0.1) is 0 Å². The number of aryl methyl sites for hydroxylation is 1. The average molecular weight is 444 g/mol. The number of hydrogen-bond donors (Lipinski definition) is 2. The van der Waals surface area contributed by atoms with Crippen LogP contribution in [0.5, 0.6) is 0 Å². The van der Waals surface area contributed by atoms with E-state index in [0.717, 1.165) is 46.6 Å². The Labute approximate surface area is 194 Å². The molecular formula is C27H29N3O3. The molecule has 0 unspecified atom stereocenters. The molecule has 4 rings (SSSR count). The molecule has 0 fully saturated rings. The maximum atomic E-state index is 12.7. The number of hydrazone groups is 1. The fourth-order valence-corrected chi connectivity index (χ4v) is 4.02. The SMILES string of the molecule is Cc1c(C(=O)NC(C)(C)C)oc2c1/C(=N/NC(=O)c1ccc(-c3ccccc3)cc1)CCC2. The van der Waals surface area contributed by atoms with Gasteiger partial charge in [0.2, 0.25) is 0 Å². The van der Waals surface area contributed by atoms with E-state index >= 15 is 0 Å². The molecule has 0 aliphatic heterocycles. The van der Waals surface area contributed by atoms with Gasteiger partial charge in [-0.2, -0.15) is 5.10 Å². The molecule has 2 amide bonds. The number of furan rings is 1. The van der Waals surface area contributed by atoms with Crippen LogP contribution in [0.15, 0.2) is 64.1 Å². The van der Waals surface area contributed by atoms with Crippen molar-refractivity contribution in [3.63, 3.8) is 0 Å². The van der Waals surface area contributed by atoms with Gasteiger partial charge in [-0.3, -0.25) is 9.59 Å². The van der Waals surface area contributed by atoms with Crippen LogP contribution in [0.3, 0.4) is 0 Å². The van der Waals surface area contributed by atoms with Gasteiger partial charge in [0, 0.05) is 28.7 Å². The molecule has 6 heteroatoms. The van der Waals surface area contributed by atoms with Crippen LogP contribution in [0.1, 0.15) is 71.4 Å². The molecule has 170 valence electrons. The molecule has 0 bridgehead atoms. The molecule has 0 radical (unpaired) electrons. The van der Waals surface area contributed by atoms with Gasteiger partial charge in [-0.05, 0) is 63.8 Å². The summed E-state index contributed by atoms with van der Waals surface area (Å²) in [5, 5.41) is 7.36. The van der Waals surface area contributed by atoms with E-state index in [1.807, 2.05) is 70.2 Å². The molecule has 1 heterocycles. The standard InChI is InChI=1S/C27H29N3O3/c1-17-23-21(11-8-12-22(23)33-24(17)26(32)28-27(2,3)4)29-30-25(31)20-15-13-19(14-16-20)18-9-6-5-7-10-18/h5-7,9-10,13-16H,8,11-12H2,1-4H3,(H,28,32)(H,30,31)/b29-21+. The quantitative estimate of drug-likeness (QED) is 0.540. The van der Waals surface area contributed by atoms with Crippen molar-refractivity contribution >= 4 is 17.5 Å². The van der Waals surface area contributed by atoms with Crippen molar-refractivity contribution in [3.05, 3.63) is 82.8 Å². The first-order valence-electron chi connectivity index (χ1n) is 11.2. The van der Waals surface area contributed by atoms with Crippen molar-refractivity contribution in [1.82, 2.24) is 10.7 Å². The highest BCUT2D eigenvalue weighted by Crippen LogP contribution is 2.30. The summed E-state index contributed by atoms with van der Waals surface area (Å²) in [6.07, 6.45) is 2.30. The van der Waals surface area contributed by atoms with Crippen LogP contribution < -0.4 is 10.7 Å². The van der Waals surface area contributed by atoms with Crippen molar-refractivity contribution < 1.29 is 14.0 Å². The zero-order valence-corrected chi connectivity index (χ0v) is 19.5. The number of rotatable bonds is 4. The minimum Gasteiger partial charge on any atom is -0.455 e. The number of benzene rings is 2. The molecule has 1 aliphatic rings. The Morgan fingerprint density at radius 2 is 1.58 bits per heavy atom. The maximum absolute atomic E-state index is 12.7. The fourth-order valence-electron chi connectivity index (χ4n) is 4.02. The van der Waals surface area contributed by atoms with Crippen LogP contribution in [0.25, 0.3) is 11.1 Å². The Kier molecular flexibility index (Phi) is 6.18. The number of hydrogen-bond acceptors (Lipinski definition) is 4. The average Bonchev–Trinajstić information content (AvgIpc) is 3.14. The normalized spacial score (nSPS) is 14.6. The molecule has 33 heavy (non-hydrogen) atoms. The Hall–Kier alpha value is -3.67. The van der Waals surface area contributed by atoms with Crippen LogP contribution in [0, 0.1) is 6.92 Å². The number of amides is 2. The summed E-state index contributed by atoms with van der Waals surface area (Å²) in [6.45, 7) is 7.65. The Balaban J connectivity index is 1.52. The van der Waals surface area contributed by atoms with Crippen molar-refractivity contribution in [2.75, 3.05) is 0 Å². The van der Waals surface area contributed by atoms with Crippen LogP contribution in [0.2, 0.25) is 0 Å². The second kappa shape index (κ2) is 9.06. The van der Waals surface area contributed by atoms with Crippen molar-refractivity contribution in [1.29, 1.82) is 0 Å². The lowest BCUT2D eigenvalue weighted by atomic mass is 9.93. The van der Waals surface area contributed by atoms with E-state index in [9.17, 15) is 9.59 Å². The van der Waals surface area contributed by atoms with E-state index in [2.05, 4.69) is 15.8 Å². The van der Waals surface area contributed by atoms with Gasteiger partial charge in [0.25, 0.3) is 11.8 Å². The van der Waals surface area contributed by atoms with Gasteiger partial charge in [0.1, 0.15) is 5.76 Å². The first-order valence-corrected chi connectivity index (χ1v) is 11.2. The zero-order chi connectivity index (χ0) is 23.6. The van der Waals surface area contributed by atoms with Crippen LogP contribution in [0.4, 0.5) is 0 Å². The number of carbonyl (C=O) groups is 2. The van der Waals surface area contributed by atoms with Crippen LogP contribution >= 0.6 is 0 Å². The van der Waals surface area contributed by atoms with Gasteiger partial charge in [-0.1, -0.05) is 42.5 Å². The van der Waals surface area contributed by atoms with Crippen molar-refractivity contribution in [3.8, 4) is 11.1 Å². The largest absolute Gasteiger partial charge is 0.455 e. The van der Waals surface area contributed by atoms with E-state index in [0.29, 0.717) is 17.7 Å². The molecule has 2 aromatic carbocycles. The minimum atomic E-state index is -0.363. The summed E-state index contributed by atoms with van der Waals surface area (Å²) in [5.74, 6) is 0.544. The van der Waals surface area contributed by atoms with Gasteiger partial charge in [-0.25, -0.2) is 5.43 Å². The first-order chi connectivity index (χ1) is 15.7. The van der Waals surface area contributed by atoms with Crippen molar-refractivity contribution in [2.45, 2.75) is 52.5 Å². The van der Waals surface area contributed by atoms with Crippen LogP contribution in [-0.2, 0) is 6.42 Å². The van der Waals surface area contributed by atoms with Crippen LogP contribution in [-0.4, -0.2) is 23.1 Å². The monoisotopic (exact) mass is 443 g/mol. The number of nitrogens with one attached hydrogen (secondary N) is 2. The third kappa shape index (κ3) is 5.06. The summed E-state index contributed by atoms with van der Waals surface area (Å²) < 4.78 is 5.92. The number of nitrogens with zero attached hydrogens (tertiary/aromatic N) is 1. The molecule has 2 N–H and O–H groups in total. The third-order valence-corrected chi connectivity index (χ3v) is 5.57. The number of carbonyl (C=O) groups excluding carboxylic acids is 2. The molecule has 1 aromatic heterocycles. The fraction of sp³-hybridized carbons (Fsp3) is 0.296. The van der Waals surface area contributed by atoms with E-state index < -0.39 is 0 Å². The van der Waals surface area contributed by atoms with Crippen molar-refractivity contribution in [2.24, 2.45) is 5.10 Å².